The van der Waals surface area contributed by atoms with Crippen molar-refractivity contribution >= 4 is 63.2 Å². The molecule has 39 heavy (non-hydrogen) atoms. The zero-order chi connectivity index (χ0) is 27.5. The van der Waals surface area contributed by atoms with Gasteiger partial charge in [-0.1, -0.05) is 59.9 Å². The Kier molecular flexibility index (Phi) is 6.71. The molecule has 13 heteroatoms. The number of carbonyl (C=O) groups is 2. The number of piperazine rings is 1. The van der Waals surface area contributed by atoms with Crippen LogP contribution in [0.15, 0.2) is 54.7 Å². The van der Waals surface area contributed by atoms with Crippen molar-refractivity contribution in [1.29, 1.82) is 0 Å². The Labute approximate surface area is 236 Å². The van der Waals surface area contributed by atoms with Crippen molar-refractivity contribution in [3.63, 3.8) is 0 Å². The Morgan fingerprint density at radius 2 is 1.79 bits per heavy atom. The number of nitrogens with zero attached hydrogens (tertiary/aromatic N) is 3. The second-order valence-electron chi connectivity index (χ2n) is 9.71. The number of ether oxygens (including phenoxy) is 2. The summed E-state index contributed by atoms with van der Waals surface area (Å²) in [5.41, 5.74) is 1.92. The van der Waals surface area contributed by atoms with Crippen LogP contribution in [0.4, 0.5) is 5.69 Å². The minimum atomic E-state index is -2.74. The first-order valence-corrected chi connectivity index (χ1v) is 15.3. The monoisotopic (exact) mass is 587 g/mol. The van der Waals surface area contributed by atoms with E-state index in [0.29, 0.717) is 5.69 Å². The molecule has 0 bridgehead atoms. The number of H-pyrrole nitrogens is 1. The van der Waals surface area contributed by atoms with E-state index in [2.05, 4.69) is 4.98 Å². The van der Waals surface area contributed by atoms with Crippen LogP contribution in [0.25, 0.3) is 10.9 Å². The normalized spacial score (nSPS) is 28.7. The molecular weight excluding hydrogens is 561 g/mol. The Bertz CT molecular complexity index is 1480. The van der Waals surface area contributed by atoms with Crippen LogP contribution in [0.5, 0.6) is 0 Å². The van der Waals surface area contributed by atoms with Gasteiger partial charge in [0, 0.05) is 56.1 Å². The van der Waals surface area contributed by atoms with Gasteiger partial charge in [-0.15, -0.1) is 0 Å². The summed E-state index contributed by atoms with van der Waals surface area (Å²) in [6.07, 6.45) is 1.05. The van der Waals surface area contributed by atoms with E-state index in [1.807, 2.05) is 42.6 Å². The fraction of sp³-hybridized carbons (Fsp3) is 0.385. The van der Waals surface area contributed by atoms with E-state index in [4.69, 9.17) is 9.47 Å². The van der Waals surface area contributed by atoms with Gasteiger partial charge >= 0.3 is 0 Å². The van der Waals surface area contributed by atoms with Gasteiger partial charge in [0.2, 0.25) is 0 Å². The minimum Gasteiger partial charge on any atom is -0.755 e. The number of rotatable bonds is 8. The van der Waals surface area contributed by atoms with Crippen molar-refractivity contribution in [2.75, 3.05) is 37.5 Å². The number of aromatic amines is 1. The zero-order valence-corrected chi connectivity index (χ0v) is 23.9. The van der Waals surface area contributed by atoms with Crippen molar-refractivity contribution in [1.82, 2.24) is 14.8 Å². The van der Waals surface area contributed by atoms with Crippen LogP contribution in [-0.2, 0) is 35.7 Å². The Morgan fingerprint density at radius 1 is 1.08 bits per heavy atom. The molecule has 2 aromatic carbocycles. The van der Waals surface area contributed by atoms with Crippen molar-refractivity contribution < 1.29 is 27.8 Å². The van der Waals surface area contributed by atoms with Crippen LogP contribution in [-0.4, -0.2) is 84.9 Å². The van der Waals surface area contributed by atoms with Crippen molar-refractivity contribution in [3.8, 4) is 0 Å². The second-order valence-corrected chi connectivity index (χ2v) is 12.8. The number of benzene rings is 2. The number of nitrogens with one attached hydrogen (secondary N) is 1. The van der Waals surface area contributed by atoms with Gasteiger partial charge in [-0.05, 0) is 23.3 Å². The lowest BCUT2D eigenvalue weighted by molar-refractivity contribution is -0.157. The molecule has 2 saturated heterocycles. The second kappa shape index (κ2) is 9.82. The molecule has 10 nitrogen and oxygen atoms in total. The molecule has 5 atom stereocenters. The highest BCUT2D eigenvalue weighted by Crippen LogP contribution is 2.65. The molecule has 0 spiro atoms. The van der Waals surface area contributed by atoms with E-state index < -0.39 is 33.1 Å². The Balaban J connectivity index is 1.67. The number of hydrogen-bond donors (Lipinski definition) is 1. The summed E-state index contributed by atoms with van der Waals surface area (Å²) in [6.45, 7) is 0. The van der Waals surface area contributed by atoms with Crippen LogP contribution in [0, 0.1) is 0 Å². The van der Waals surface area contributed by atoms with E-state index in [1.54, 1.807) is 19.2 Å². The van der Waals surface area contributed by atoms with Crippen LogP contribution in [0.2, 0.25) is 0 Å². The number of likely N-dealkylation sites (N-methyl/N-ethyl adjacent to an activating group) is 1. The van der Waals surface area contributed by atoms with Crippen LogP contribution < -0.4 is 4.31 Å². The smallest absolute Gasteiger partial charge is 0.260 e. The minimum absolute atomic E-state index is 0.137. The summed E-state index contributed by atoms with van der Waals surface area (Å²) in [5.74, 6) is -0.299. The zero-order valence-electron chi connectivity index (χ0n) is 21.5. The summed E-state index contributed by atoms with van der Waals surface area (Å²) in [6, 6.07) is 15.1. The molecule has 3 aliphatic rings. The quantitative estimate of drug-likeness (QED) is 0.316. The largest absolute Gasteiger partial charge is 0.755 e. The van der Waals surface area contributed by atoms with Crippen molar-refractivity contribution in [3.05, 3.63) is 65.9 Å². The summed E-state index contributed by atoms with van der Waals surface area (Å²) in [7, 11) is 4.67. The number of amides is 2. The number of fused-ring (bicyclic) bond motifs is 6. The first-order chi connectivity index (χ1) is 18.8. The van der Waals surface area contributed by atoms with Gasteiger partial charge in [0.25, 0.3) is 11.8 Å². The Hall–Kier alpha value is -2.55. The molecule has 2 amide bonds. The highest BCUT2D eigenvalue weighted by atomic mass is 32.2. The van der Waals surface area contributed by atoms with Crippen LogP contribution in [0.1, 0.15) is 17.5 Å². The van der Waals surface area contributed by atoms with Gasteiger partial charge < -0.3 is 23.9 Å². The van der Waals surface area contributed by atoms with Crippen molar-refractivity contribution in [2.24, 2.45) is 0 Å². The van der Waals surface area contributed by atoms with E-state index >= 15 is 0 Å². The summed E-state index contributed by atoms with van der Waals surface area (Å²) < 4.78 is 37.9. The highest BCUT2D eigenvalue weighted by Gasteiger charge is 2.74. The predicted octanol–water partition coefficient (Wildman–Crippen LogP) is 2.80. The fourth-order valence-corrected chi connectivity index (χ4v) is 9.30. The lowest BCUT2D eigenvalue weighted by Gasteiger charge is -2.50. The van der Waals surface area contributed by atoms with Crippen LogP contribution in [0.3, 0.4) is 0 Å². The molecule has 3 aliphatic heterocycles. The lowest BCUT2D eigenvalue weighted by atomic mass is 9.72. The molecule has 1 N–H and O–H groups in total. The molecular formula is C26H27N4O6S3-. The molecule has 1 unspecified atom stereocenters. The molecule has 6 rings (SSSR count). The maximum atomic E-state index is 14.4. The van der Waals surface area contributed by atoms with Gasteiger partial charge in [-0.3, -0.25) is 23.0 Å². The summed E-state index contributed by atoms with van der Waals surface area (Å²) in [5, 5.41) is 0.0271. The lowest BCUT2D eigenvalue weighted by Crippen LogP contribution is -2.69. The number of aromatic nitrogens is 1. The summed E-state index contributed by atoms with van der Waals surface area (Å²) >= 11 is -0.338. The third kappa shape index (κ3) is 3.57. The number of anilines is 1. The average Bonchev–Trinajstić information content (AvgIpc) is 3.58. The predicted molar refractivity (Wildman–Crippen MR) is 150 cm³/mol. The topological polar surface area (TPSA) is 118 Å². The average molecular weight is 588 g/mol. The van der Waals surface area contributed by atoms with Gasteiger partial charge in [0.1, 0.15) is 6.17 Å². The first kappa shape index (κ1) is 26.7. The molecule has 3 aromatic rings. The third-order valence-electron chi connectivity index (χ3n) is 7.88. The first-order valence-electron chi connectivity index (χ1n) is 12.2. The van der Waals surface area contributed by atoms with Gasteiger partial charge in [0.15, 0.2) is 10.2 Å². The van der Waals surface area contributed by atoms with Crippen LogP contribution >= 0.6 is 23.5 Å². The fourth-order valence-electron chi connectivity index (χ4n) is 6.47. The van der Waals surface area contributed by atoms with E-state index in [0.717, 1.165) is 22.0 Å². The highest BCUT2D eigenvalue weighted by molar-refractivity contribution is 8.01. The van der Waals surface area contributed by atoms with E-state index in [-0.39, 0.29) is 30.1 Å². The maximum absolute atomic E-state index is 14.4. The molecule has 206 valence electrons. The molecule has 1 aromatic heterocycles. The van der Waals surface area contributed by atoms with Gasteiger partial charge in [-0.25, -0.2) is 0 Å². The maximum Gasteiger partial charge on any atom is 0.260 e. The number of methoxy groups -OCH3 is 2. The van der Waals surface area contributed by atoms with Crippen molar-refractivity contribution in [2.45, 2.75) is 28.2 Å². The summed E-state index contributed by atoms with van der Waals surface area (Å²) in [4.78, 5) is 33.7. The number of thioether (sulfide) groups is 2. The van der Waals surface area contributed by atoms with Gasteiger partial charge in [0.05, 0.1) is 23.0 Å². The number of carbonyl (C=O) groups excluding carboxylic acids is 2. The molecule has 0 radical (unpaired) electrons. The molecule has 0 aliphatic carbocycles. The SMILES string of the molecule is COCS[C@H]1C(=O)N2[C@H]3N(S(=O)[O-])c4ccccc4[C@@]3(c3c[nH]c4ccccc34)C[C@]2(SCOC)C(=O)N1C. The number of hydrogen-bond acceptors (Lipinski definition) is 8. The Morgan fingerprint density at radius 3 is 2.54 bits per heavy atom. The molecule has 4 heterocycles. The third-order valence-corrected chi connectivity index (χ3v) is 11.2. The molecule has 2 fully saturated rings. The van der Waals surface area contributed by atoms with E-state index in [9.17, 15) is 18.4 Å². The van der Waals surface area contributed by atoms with E-state index in [1.165, 1.54) is 51.8 Å². The van der Waals surface area contributed by atoms with Gasteiger partial charge in [-0.2, -0.15) is 0 Å². The molecule has 0 saturated carbocycles. The number of para-hydroxylation sites is 2. The standard InChI is InChI=1S/C26H28N4O6S3/c1-28-22(37-14-35-2)21(31)29-23-25(13-26(29,24(28)32)38-15-36-3,18-12-27-19-10-6-4-8-16(18)19)17-9-5-7-11-20(17)30(23)39(33)34/h4-12,22-23,27H,13-15H2,1-3H3,(H,33,34)/p-1/t22-,23-,25+,26-/m0/s1.